The molecule has 0 aromatic heterocycles. The maximum Gasteiger partial charge on any atom is 0.144 e. The van der Waals surface area contributed by atoms with Crippen molar-refractivity contribution in [2.75, 3.05) is 7.11 Å². The van der Waals surface area contributed by atoms with Gasteiger partial charge in [-0.3, -0.25) is 0 Å². The van der Waals surface area contributed by atoms with Crippen LogP contribution in [0.3, 0.4) is 0 Å². The molecule has 0 fully saturated rings. The smallest absolute Gasteiger partial charge is 0.144 e. The Kier molecular flexibility index (Phi) is 5.73. The van der Waals surface area contributed by atoms with E-state index in [9.17, 15) is 0 Å². The highest BCUT2D eigenvalue weighted by Gasteiger charge is 2.10. The van der Waals surface area contributed by atoms with Crippen LogP contribution in [0.2, 0.25) is 0 Å². The lowest BCUT2D eigenvalue weighted by atomic mass is 10.0. The minimum atomic E-state index is -0.345. The third-order valence-electron chi connectivity index (χ3n) is 4.69. The topological polar surface area (TPSA) is 9.23 Å². The van der Waals surface area contributed by atoms with Crippen LogP contribution in [0.15, 0.2) is 97.1 Å². The Morgan fingerprint density at radius 3 is 2.17 bits per heavy atom. The van der Waals surface area contributed by atoms with E-state index in [0.29, 0.717) is 0 Å². The molecule has 0 aliphatic carbocycles. The zero-order valence-corrected chi connectivity index (χ0v) is 16.2. The lowest BCUT2D eigenvalue weighted by molar-refractivity contribution is 0.150. The molecule has 0 radical (unpaired) electrons. The third kappa shape index (κ3) is 4.56. The number of benzene rings is 4. The monoisotopic (exact) mass is 372 g/mol. The van der Waals surface area contributed by atoms with Crippen molar-refractivity contribution in [3.63, 3.8) is 0 Å². The van der Waals surface area contributed by atoms with Crippen molar-refractivity contribution >= 4 is 10.8 Å². The summed E-state index contributed by atoms with van der Waals surface area (Å²) in [5.74, 6) is 13.0. The lowest BCUT2D eigenvalue weighted by Crippen LogP contribution is -2.01. The van der Waals surface area contributed by atoms with E-state index in [2.05, 4.69) is 47.9 Å². The normalized spacial score (nSPS) is 11.1. The molecule has 29 heavy (non-hydrogen) atoms. The maximum absolute atomic E-state index is 5.70. The molecule has 0 N–H and O–H groups in total. The molecule has 4 aromatic rings. The molecular formula is C28H20O. The zero-order chi connectivity index (χ0) is 19.9. The Labute approximate surface area is 172 Å². The van der Waals surface area contributed by atoms with E-state index in [4.69, 9.17) is 4.74 Å². The van der Waals surface area contributed by atoms with Crippen molar-refractivity contribution in [2.45, 2.75) is 6.10 Å². The van der Waals surface area contributed by atoms with Gasteiger partial charge in [-0.2, -0.15) is 0 Å². The Morgan fingerprint density at radius 2 is 1.34 bits per heavy atom. The molecule has 4 rings (SSSR count). The van der Waals surface area contributed by atoms with Crippen molar-refractivity contribution in [3.8, 4) is 23.7 Å². The molecule has 1 nitrogen and oxygen atoms in total. The summed E-state index contributed by atoms with van der Waals surface area (Å²) < 4.78 is 5.70. The van der Waals surface area contributed by atoms with E-state index in [0.717, 1.165) is 22.3 Å². The van der Waals surface area contributed by atoms with Crippen LogP contribution in [0.25, 0.3) is 10.8 Å². The molecule has 0 saturated heterocycles. The second-order valence-corrected chi connectivity index (χ2v) is 6.65. The molecular weight excluding hydrogens is 352 g/mol. The number of hydrogen-bond donors (Lipinski definition) is 0. The highest BCUT2D eigenvalue weighted by molar-refractivity contribution is 5.83. The molecule has 1 unspecified atom stereocenters. The number of methoxy groups -OCH3 is 1. The summed E-state index contributed by atoms with van der Waals surface area (Å²) in [6.07, 6.45) is -0.345. The first kappa shape index (κ1) is 18.6. The summed E-state index contributed by atoms with van der Waals surface area (Å²) in [6, 6.07) is 32.5. The summed E-state index contributed by atoms with van der Waals surface area (Å²) >= 11 is 0. The number of ether oxygens (including phenoxy) is 1. The van der Waals surface area contributed by atoms with E-state index >= 15 is 0 Å². The summed E-state index contributed by atoms with van der Waals surface area (Å²) in [7, 11) is 1.68. The van der Waals surface area contributed by atoms with Crippen LogP contribution in [0.1, 0.15) is 28.4 Å². The van der Waals surface area contributed by atoms with Gasteiger partial charge >= 0.3 is 0 Å². The fourth-order valence-corrected chi connectivity index (χ4v) is 3.18. The predicted octanol–water partition coefficient (Wildman–Crippen LogP) is 5.98. The lowest BCUT2D eigenvalue weighted by Gasteiger charge is -2.11. The number of rotatable bonds is 2. The zero-order valence-electron chi connectivity index (χ0n) is 16.2. The van der Waals surface area contributed by atoms with E-state index in [1.807, 2.05) is 72.8 Å². The molecule has 0 heterocycles. The van der Waals surface area contributed by atoms with Crippen LogP contribution in [0.5, 0.6) is 0 Å². The summed E-state index contributed by atoms with van der Waals surface area (Å²) in [5.41, 5.74) is 3.86. The quantitative estimate of drug-likeness (QED) is 0.393. The molecule has 1 atom stereocenters. The van der Waals surface area contributed by atoms with Crippen LogP contribution < -0.4 is 0 Å². The summed E-state index contributed by atoms with van der Waals surface area (Å²) in [5, 5.41) is 2.39. The molecule has 0 aliphatic heterocycles. The van der Waals surface area contributed by atoms with E-state index in [-0.39, 0.29) is 6.10 Å². The first-order valence-electron chi connectivity index (χ1n) is 9.52. The van der Waals surface area contributed by atoms with Crippen LogP contribution in [-0.2, 0) is 4.74 Å². The van der Waals surface area contributed by atoms with Crippen LogP contribution in [0.4, 0.5) is 0 Å². The second kappa shape index (κ2) is 8.94. The maximum atomic E-state index is 5.70. The first-order chi connectivity index (χ1) is 14.3. The fraction of sp³-hybridized carbons (Fsp3) is 0.0714. The molecule has 0 saturated carbocycles. The third-order valence-corrected chi connectivity index (χ3v) is 4.69. The van der Waals surface area contributed by atoms with Crippen LogP contribution >= 0.6 is 0 Å². The summed E-state index contributed by atoms with van der Waals surface area (Å²) in [6.45, 7) is 0. The molecule has 4 aromatic carbocycles. The van der Waals surface area contributed by atoms with E-state index in [1.54, 1.807) is 7.11 Å². The van der Waals surface area contributed by atoms with E-state index < -0.39 is 0 Å². The average Bonchev–Trinajstić information content (AvgIpc) is 2.79. The van der Waals surface area contributed by atoms with Crippen LogP contribution in [-0.4, -0.2) is 7.11 Å². The molecule has 0 amide bonds. The van der Waals surface area contributed by atoms with Gasteiger partial charge in [-0.15, -0.1) is 0 Å². The number of hydrogen-bond acceptors (Lipinski definition) is 1. The molecule has 1 heteroatoms. The van der Waals surface area contributed by atoms with Gasteiger partial charge in [-0.1, -0.05) is 90.4 Å². The van der Waals surface area contributed by atoms with Gasteiger partial charge in [0.2, 0.25) is 0 Å². The molecule has 0 spiro atoms. The first-order valence-corrected chi connectivity index (χ1v) is 9.52. The highest BCUT2D eigenvalue weighted by Crippen LogP contribution is 2.21. The fourth-order valence-electron chi connectivity index (χ4n) is 3.18. The van der Waals surface area contributed by atoms with Gasteiger partial charge in [0.25, 0.3) is 0 Å². The van der Waals surface area contributed by atoms with Crippen LogP contribution in [0, 0.1) is 23.7 Å². The number of fused-ring (bicyclic) bond motifs is 1. The minimum Gasteiger partial charge on any atom is -0.364 e. The van der Waals surface area contributed by atoms with Gasteiger partial charge in [0.15, 0.2) is 0 Å². The van der Waals surface area contributed by atoms with Crippen molar-refractivity contribution in [3.05, 3.63) is 119 Å². The van der Waals surface area contributed by atoms with Gasteiger partial charge in [-0.25, -0.2) is 0 Å². The van der Waals surface area contributed by atoms with Crippen molar-refractivity contribution in [2.24, 2.45) is 0 Å². The van der Waals surface area contributed by atoms with Gasteiger partial charge in [0.1, 0.15) is 6.10 Å². The van der Waals surface area contributed by atoms with Gasteiger partial charge in [0.05, 0.1) is 0 Å². The second-order valence-electron chi connectivity index (χ2n) is 6.65. The minimum absolute atomic E-state index is 0.345. The Morgan fingerprint density at radius 1 is 0.621 bits per heavy atom. The molecule has 0 aliphatic rings. The Hall–Kier alpha value is -3.78. The summed E-state index contributed by atoms with van der Waals surface area (Å²) in [4.78, 5) is 0. The van der Waals surface area contributed by atoms with Gasteiger partial charge in [-0.05, 0) is 41.1 Å². The highest BCUT2D eigenvalue weighted by atomic mass is 16.5. The molecule has 138 valence electrons. The Balaban J connectivity index is 1.65. The Bertz CT molecular complexity index is 1250. The molecule has 0 bridgehead atoms. The average molecular weight is 372 g/mol. The standard InChI is InChI=1S/C28H20O/c1-29-28(20-17-23-16-18-24-11-5-6-13-26(24)21-23)27-14-8-7-12-25(27)19-15-22-9-3-2-4-10-22/h2-14,16,18,21,28H,1H3. The van der Waals surface area contributed by atoms with Gasteiger partial charge < -0.3 is 4.74 Å². The van der Waals surface area contributed by atoms with Gasteiger partial charge in [0, 0.05) is 29.4 Å². The van der Waals surface area contributed by atoms with E-state index in [1.165, 1.54) is 10.8 Å². The predicted molar refractivity (Wildman–Crippen MR) is 119 cm³/mol. The van der Waals surface area contributed by atoms with Crippen molar-refractivity contribution < 1.29 is 4.74 Å². The van der Waals surface area contributed by atoms with Crippen molar-refractivity contribution in [1.29, 1.82) is 0 Å². The SMILES string of the molecule is COC(C#Cc1ccc2ccccc2c1)c1ccccc1C#Cc1ccccc1. The van der Waals surface area contributed by atoms with Crippen molar-refractivity contribution in [1.82, 2.24) is 0 Å². The largest absolute Gasteiger partial charge is 0.364 e.